The van der Waals surface area contributed by atoms with Crippen LogP contribution in [0.1, 0.15) is 58.4 Å². The zero-order chi connectivity index (χ0) is 21.9. The molecular weight excluding hydrogens is 382 g/mol. The van der Waals surface area contributed by atoms with Crippen molar-refractivity contribution < 1.29 is 19.5 Å². The summed E-state index contributed by atoms with van der Waals surface area (Å²) in [5, 5.41) is 16.5. The summed E-state index contributed by atoms with van der Waals surface area (Å²) in [6.45, 7) is 6.89. The Balaban J connectivity index is 1.78. The molecule has 2 aliphatic heterocycles. The molecule has 3 rings (SSSR count). The van der Waals surface area contributed by atoms with Crippen LogP contribution >= 0.6 is 0 Å². The van der Waals surface area contributed by atoms with Gasteiger partial charge in [-0.15, -0.1) is 0 Å². The Morgan fingerprint density at radius 3 is 2.47 bits per heavy atom. The number of nitrogens with zero attached hydrogens (tertiary/aromatic N) is 2. The maximum absolute atomic E-state index is 13.6. The van der Waals surface area contributed by atoms with Gasteiger partial charge >= 0.3 is 5.97 Å². The van der Waals surface area contributed by atoms with Crippen LogP contribution in [0.5, 0.6) is 0 Å². The van der Waals surface area contributed by atoms with E-state index < -0.39 is 23.0 Å². The molecule has 2 saturated heterocycles. The molecule has 2 atom stereocenters. The van der Waals surface area contributed by atoms with Gasteiger partial charge in [0.05, 0.1) is 0 Å². The Labute approximate surface area is 178 Å². The average molecular weight is 416 g/mol. The van der Waals surface area contributed by atoms with Crippen LogP contribution in [0.4, 0.5) is 0 Å². The molecule has 0 unspecified atom stereocenters. The second-order valence-corrected chi connectivity index (χ2v) is 9.37. The first-order valence-electron chi connectivity index (χ1n) is 10.8. The molecule has 2 fully saturated rings. The molecule has 1 aromatic rings. The number of nitrogens with one attached hydrogen (secondary N) is 1. The first kappa shape index (κ1) is 22.3. The molecule has 7 heteroatoms. The molecule has 0 spiro atoms. The van der Waals surface area contributed by atoms with Crippen LogP contribution in [0, 0.1) is 5.41 Å². The predicted octanol–water partition coefficient (Wildman–Crippen LogP) is 2.61. The Morgan fingerprint density at radius 1 is 1.17 bits per heavy atom. The first-order chi connectivity index (χ1) is 14.2. The highest BCUT2D eigenvalue weighted by molar-refractivity contribution is 5.92. The van der Waals surface area contributed by atoms with E-state index in [-0.39, 0.29) is 11.8 Å². The quantitative estimate of drug-likeness (QED) is 0.772. The van der Waals surface area contributed by atoms with Crippen molar-refractivity contribution in [3.05, 3.63) is 35.9 Å². The number of carbonyl (C=O) groups is 3. The molecular formula is C23H33N3O4. The number of benzene rings is 1. The fourth-order valence-corrected chi connectivity index (χ4v) is 4.77. The Morgan fingerprint density at radius 2 is 1.83 bits per heavy atom. The number of carbonyl (C=O) groups excluding carboxylic acids is 2. The zero-order valence-electron chi connectivity index (χ0n) is 18.2. The molecule has 0 aliphatic carbocycles. The van der Waals surface area contributed by atoms with Crippen molar-refractivity contribution >= 4 is 17.8 Å². The third-order valence-electron chi connectivity index (χ3n) is 6.43. The number of rotatable bonds is 5. The van der Waals surface area contributed by atoms with Crippen molar-refractivity contribution in [1.82, 2.24) is 15.3 Å². The zero-order valence-corrected chi connectivity index (χ0v) is 18.2. The van der Waals surface area contributed by atoms with Crippen molar-refractivity contribution in [2.75, 3.05) is 13.1 Å². The number of aliphatic carboxylic acids is 1. The van der Waals surface area contributed by atoms with Crippen molar-refractivity contribution in [3.63, 3.8) is 0 Å². The van der Waals surface area contributed by atoms with Gasteiger partial charge in [-0.05, 0) is 43.1 Å². The molecule has 0 saturated carbocycles. The number of hydrazine groups is 1. The van der Waals surface area contributed by atoms with Gasteiger partial charge in [0.25, 0.3) is 5.91 Å². The van der Waals surface area contributed by atoms with Crippen molar-refractivity contribution in [1.29, 1.82) is 0 Å². The second kappa shape index (κ2) is 8.76. The van der Waals surface area contributed by atoms with Crippen LogP contribution in [0.15, 0.2) is 30.3 Å². The van der Waals surface area contributed by atoms with Crippen LogP contribution in [0.2, 0.25) is 0 Å². The van der Waals surface area contributed by atoms with Gasteiger partial charge < -0.3 is 10.4 Å². The predicted molar refractivity (Wildman–Crippen MR) is 113 cm³/mol. The maximum atomic E-state index is 13.6. The molecule has 0 aromatic heterocycles. The van der Waals surface area contributed by atoms with E-state index in [1.807, 2.05) is 56.1 Å². The van der Waals surface area contributed by atoms with E-state index in [9.17, 15) is 19.5 Å². The van der Waals surface area contributed by atoms with Crippen LogP contribution in [-0.4, -0.2) is 57.6 Å². The first-order valence-corrected chi connectivity index (χ1v) is 10.8. The number of fused-ring (bicyclic) bond motifs is 1. The standard InChI is InChI=1S/C23H33N3O4/c1-22(2,3)23(21(29)30)14-8-16-25-15-7-11-18(20(28)26(23)25)24-19(27)13-12-17-9-5-4-6-10-17/h4-6,9-10,18H,7-8,11-16H2,1-3H3,(H,24,27)(H,29,30)/t18-,23+/m0/s1. The van der Waals surface area contributed by atoms with Crippen molar-refractivity contribution in [3.8, 4) is 0 Å². The number of aryl methyl sites for hydroxylation is 1. The number of hydrogen-bond acceptors (Lipinski definition) is 4. The minimum absolute atomic E-state index is 0.181. The normalized spacial score (nSPS) is 25.4. The van der Waals surface area contributed by atoms with Gasteiger partial charge in [-0.3, -0.25) is 14.6 Å². The molecule has 2 heterocycles. The minimum atomic E-state index is -1.32. The molecule has 2 N–H and O–H groups in total. The van der Waals surface area contributed by atoms with E-state index in [1.165, 1.54) is 5.01 Å². The lowest BCUT2D eigenvalue weighted by molar-refractivity contribution is -0.208. The van der Waals surface area contributed by atoms with E-state index in [1.54, 1.807) is 0 Å². The van der Waals surface area contributed by atoms with Crippen molar-refractivity contribution in [2.24, 2.45) is 5.41 Å². The number of amides is 2. The van der Waals surface area contributed by atoms with Gasteiger partial charge in [0.15, 0.2) is 5.54 Å². The molecule has 30 heavy (non-hydrogen) atoms. The molecule has 2 aliphatic rings. The van der Waals surface area contributed by atoms with Crippen LogP contribution in [0.25, 0.3) is 0 Å². The van der Waals surface area contributed by atoms with E-state index in [4.69, 9.17) is 0 Å². The van der Waals surface area contributed by atoms with Gasteiger partial charge in [-0.25, -0.2) is 9.80 Å². The monoisotopic (exact) mass is 415 g/mol. The molecule has 164 valence electrons. The summed E-state index contributed by atoms with van der Waals surface area (Å²) < 4.78 is 0. The molecule has 1 aromatic carbocycles. The van der Waals surface area contributed by atoms with Gasteiger partial charge in [0.2, 0.25) is 5.91 Å². The van der Waals surface area contributed by atoms with Crippen molar-refractivity contribution in [2.45, 2.75) is 70.9 Å². The van der Waals surface area contributed by atoms with E-state index in [2.05, 4.69) is 5.32 Å². The second-order valence-electron chi connectivity index (χ2n) is 9.37. The van der Waals surface area contributed by atoms with Crippen LogP contribution in [0.3, 0.4) is 0 Å². The Kier molecular flexibility index (Phi) is 6.50. The maximum Gasteiger partial charge on any atom is 0.331 e. The Hall–Kier alpha value is -2.41. The summed E-state index contributed by atoms with van der Waals surface area (Å²) in [5.74, 6) is -1.47. The lowest BCUT2D eigenvalue weighted by Crippen LogP contribution is -2.72. The largest absolute Gasteiger partial charge is 0.479 e. The van der Waals surface area contributed by atoms with Gasteiger partial charge in [0.1, 0.15) is 6.04 Å². The van der Waals surface area contributed by atoms with E-state index in [0.717, 1.165) is 18.4 Å². The smallest absolute Gasteiger partial charge is 0.331 e. The summed E-state index contributed by atoms with van der Waals surface area (Å²) in [6.07, 6.45) is 3.27. The highest BCUT2D eigenvalue weighted by Gasteiger charge is 2.59. The molecule has 0 radical (unpaired) electrons. The third-order valence-corrected chi connectivity index (χ3v) is 6.43. The fraction of sp³-hybridized carbons (Fsp3) is 0.609. The summed E-state index contributed by atoms with van der Waals surface area (Å²) >= 11 is 0. The van der Waals surface area contributed by atoms with Gasteiger partial charge in [-0.2, -0.15) is 0 Å². The van der Waals surface area contributed by atoms with E-state index >= 15 is 0 Å². The van der Waals surface area contributed by atoms with Crippen LogP contribution in [-0.2, 0) is 20.8 Å². The Bertz CT molecular complexity index is 789. The van der Waals surface area contributed by atoms with Gasteiger partial charge in [-0.1, -0.05) is 51.1 Å². The minimum Gasteiger partial charge on any atom is -0.479 e. The molecule has 7 nitrogen and oxygen atoms in total. The number of carboxylic acid groups (broad SMARTS) is 1. The topological polar surface area (TPSA) is 90.0 Å². The fourth-order valence-electron chi connectivity index (χ4n) is 4.77. The third kappa shape index (κ3) is 4.21. The summed E-state index contributed by atoms with van der Waals surface area (Å²) in [4.78, 5) is 38.7. The lowest BCUT2D eigenvalue weighted by atomic mass is 9.69. The van der Waals surface area contributed by atoms with Crippen LogP contribution < -0.4 is 5.32 Å². The SMILES string of the molecule is CC(C)(C)[C@]1(C(=O)O)CCCN2CCC[C@H](NC(=O)CCc3ccccc3)C(=O)N21. The average Bonchev–Trinajstić information content (AvgIpc) is 2.85. The highest BCUT2D eigenvalue weighted by Crippen LogP contribution is 2.44. The number of hydrogen-bond donors (Lipinski definition) is 2. The summed E-state index contributed by atoms with van der Waals surface area (Å²) in [7, 11) is 0. The molecule has 0 bridgehead atoms. The summed E-state index contributed by atoms with van der Waals surface area (Å²) in [5.41, 5.74) is -0.904. The highest BCUT2D eigenvalue weighted by atomic mass is 16.4. The summed E-state index contributed by atoms with van der Waals surface area (Å²) in [6, 6.07) is 9.05. The number of carboxylic acids is 1. The molecule has 2 amide bonds. The van der Waals surface area contributed by atoms with Gasteiger partial charge in [0, 0.05) is 19.5 Å². The lowest BCUT2D eigenvalue weighted by Gasteiger charge is -2.55. The van der Waals surface area contributed by atoms with E-state index in [0.29, 0.717) is 38.8 Å².